The summed E-state index contributed by atoms with van der Waals surface area (Å²) in [5.74, 6) is 2.26. The summed E-state index contributed by atoms with van der Waals surface area (Å²) < 4.78 is 6.14. The van der Waals surface area contributed by atoms with Crippen molar-refractivity contribution in [1.29, 1.82) is 0 Å². The number of thioether (sulfide) groups is 1. The maximum atomic E-state index is 5.49. The molecule has 0 unspecified atom stereocenters. The van der Waals surface area contributed by atoms with E-state index in [1.54, 1.807) is 24.0 Å². The van der Waals surface area contributed by atoms with Gasteiger partial charge in [0, 0.05) is 11.1 Å². The first-order chi connectivity index (χ1) is 7.24. The van der Waals surface area contributed by atoms with Crippen molar-refractivity contribution in [1.82, 2.24) is 4.98 Å². The summed E-state index contributed by atoms with van der Waals surface area (Å²) in [7, 11) is 0. The molecule has 0 aliphatic carbocycles. The largest absolute Gasteiger partial charge is 0.453 e. The zero-order chi connectivity index (χ0) is 10.7. The van der Waals surface area contributed by atoms with Crippen LogP contribution in [0.2, 0.25) is 0 Å². The molecule has 0 aliphatic heterocycles. The van der Waals surface area contributed by atoms with Gasteiger partial charge >= 0.3 is 0 Å². The number of nitrogens with zero attached hydrogens (tertiary/aromatic N) is 1. The molecule has 0 saturated heterocycles. The quantitative estimate of drug-likeness (QED) is 0.879. The number of furan rings is 1. The van der Waals surface area contributed by atoms with Crippen LogP contribution in [0.3, 0.4) is 0 Å². The average molecular weight is 285 g/mol. The number of hydrogen-bond donors (Lipinski definition) is 1. The number of nitrogen functional groups attached to an aromatic ring is 1. The summed E-state index contributed by atoms with van der Waals surface area (Å²) in [6.45, 7) is 0. The Morgan fingerprint density at radius 2 is 2.20 bits per heavy atom. The van der Waals surface area contributed by atoms with Crippen LogP contribution in [-0.4, -0.2) is 4.98 Å². The normalized spacial score (nSPS) is 10.5. The monoisotopic (exact) mass is 284 g/mol. The average Bonchev–Trinajstić information content (AvgIpc) is 2.64. The minimum absolute atomic E-state index is 0.542. The van der Waals surface area contributed by atoms with Crippen LogP contribution in [-0.2, 0) is 5.75 Å². The van der Waals surface area contributed by atoms with E-state index >= 15 is 0 Å². The molecule has 2 aromatic heterocycles. The molecule has 0 aliphatic rings. The third-order valence-electron chi connectivity index (χ3n) is 1.77. The van der Waals surface area contributed by atoms with E-state index < -0.39 is 0 Å². The van der Waals surface area contributed by atoms with E-state index in [9.17, 15) is 0 Å². The number of halogens is 1. The van der Waals surface area contributed by atoms with Crippen LogP contribution in [0.15, 0.2) is 44.4 Å². The SMILES string of the molecule is Nc1ccc(SCc2ccc(Br)o2)cn1. The van der Waals surface area contributed by atoms with E-state index in [4.69, 9.17) is 10.2 Å². The molecule has 2 rings (SSSR count). The Hall–Kier alpha value is -0.940. The summed E-state index contributed by atoms with van der Waals surface area (Å²) in [5, 5.41) is 0. The third kappa shape index (κ3) is 3.00. The fourth-order valence-electron chi connectivity index (χ4n) is 1.06. The number of nitrogens with two attached hydrogens (primary N) is 1. The first-order valence-corrected chi connectivity index (χ1v) is 6.10. The molecule has 0 saturated carbocycles. The zero-order valence-electron chi connectivity index (χ0n) is 7.81. The summed E-state index contributed by atoms with van der Waals surface area (Å²) >= 11 is 4.93. The molecule has 2 N–H and O–H groups in total. The highest BCUT2D eigenvalue weighted by Gasteiger charge is 2.01. The number of rotatable bonds is 3. The Bertz CT molecular complexity index is 441. The van der Waals surface area contributed by atoms with E-state index in [0.717, 1.165) is 21.1 Å². The number of aromatic nitrogens is 1. The lowest BCUT2D eigenvalue weighted by Gasteiger charge is -1.98. The second kappa shape index (κ2) is 4.72. The molecule has 0 fully saturated rings. The third-order valence-corrected chi connectivity index (χ3v) is 3.20. The van der Waals surface area contributed by atoms with Gasteiger partial charge in [-0.05, 0) is 40.2 Å². The van der Waals surface area contributed by atoms with Gasteiger partial charge < -0.3 is 10.2 Å². The van der Waals surface area contributed by atoms with Gasteiger partial charge in [0.15, 0.2) is 4.67 Å². The summed E-state index contributed by atoms with van der Waals surface area (Å²) in [6.07, 6.45) is 1.76. The predicted octanol–water partition coefficient (Wildman–Crippen LogP) is 3.31. The van der Waals surface area contributed by atoms with E-state index in [1.165, 1.54) is 0 Å². The molecule has 0 radical (unpaired) electrons. The van der Waals surface area contributed by atoms with Gasteiger partial charge in [-0.25, -0.2) is 4.98 Å². The maximum Gasteiger partial charge on any atom is 0.169 e. The summed E-state index contributed by atoms with van der Waals surface area (Å²) in [4.78, 5) is 5.09. The highest BCUT2D eigenvalue weighted by Crippen LogP contribution is 2.24. The topological polar surface area (TPSA) is 52.0 Å². The van der Waals surface area contributed by atoms with Gasteiger partial charge in [0.1, 0.15) is 11.6 Å². The van der Waals surface area contributed by atoms with Gasteiger partial charge in [-0.2, -0.15) is 0 Å². The Morgan fingerprint density at radius 3 is 2.80 bits per heavy atom. The molecule has 3 nitrogen and oxygen atoms in total. The van der Waals surface area contributed by atoms with Crippen molar-refractivity contribution in [2.45, 2.75) is 10.6 Å². The number of hydrogen-bond acceptors (Lipinski definition) is 4. The van der Waals surface area contributed by atoms with Crippen LogP contribution in [0.4, 0.5) is 5.82 Å². The van der Waals surface area contributed by atoms with Crippen molar-refractivity contribution in [2.75, 3.05) is 5.73 Å². The molecule has 0 bridgehead atoms. The lowest BCUT2D eigenvalue weighted by Crippen LogP contribution is -1.88. The Kier molecular flexibility index (Phi) is 3.33. The van der Waals surface area contributed by atoms with Crippen molar-refractivity contribution in [3.8, 4) is 0 Å². The standard InChI is InChI=1S/C10H9BrN2OS/c11-9-3-1-7(14-9)6-15-8-2-4-10(12)13-5-8/h1-5H,6H2,(H2,12,13). The summed E-state index contributed by atoms with van der Waals surface area (Å²) in [5.41, 5.74) is 5.49. The lowest BCUT2D eigenvalue weighted by molar-refractivity contribution is 0.507. The lowest BCUT2D eigenvalue weighted by atomic mass is 10.5. The van der Waals surface area contributed by atoms with Crippen LogP contribution in [0, 0.1) is 0 Å². The Balaban J connectivity index is 1.96. The molecular formula is C10H9BrN2OS. The molecule has 5 heteroatoms. The molecular weight excluding hydrogens is 276 g/mol. The van der Waals surface area contributed by atoms with Gasteiger partial charge in [-0.3, -0.25) is 0 Å². The molecule has 0 amide bonds. The molecule has 0 atom stereocenters. The second-order valence-corrected chi connectivity index (χ2v) is 4.74. The van der Waals surface area contributed by atoms with E-state index in [1.807, 2.05) is 18.2 Å². The molecule has 0 spiro atoms. The maximum absolute atomic E-state index is 5.49. The van der Waals surface area contributed by atoms with Crippen molar-refractivity contribution in [3.63, 3.8) is 0 Å². The minimum atomic E-state index is 0.542. The molecule has 2 heterocycles. The van der Waals surface area contributed by atoms with Crippen molar-refractivity contribution in [2.24, 2.45) is 0 Å². The van der Waals surface area contributed by atoms with Crippen LogP contribution in [0.1, 0.15) is 5.76 Å². The van der Waals surface area contributed by atoms with E-state index in [2.05, 4.69) is 20.9 Å². The van der Waals surface area contributed by atoms with Crippen LogP contribution < -0.4 is 5.73 Å². The fourth-order valence-corrected chi connectivity index (χ4v) is 2.16. The van der Waals surface area contributed by atoms with Crippen LogP contribution in [0.25, 0.3) is 0 Å². The Labute approximate surface area is 100 Å². The van der Waals surface area contributed by atoms with Crippen molar-refractivity contribution in [3.05, 3.63) is 40.9 Å². The molecule has 0 aromatic carbocycles. The first-order valence-electron chi connectivity index (χ1n) is 4.32. The smallest absolute Gasteiger partial charge is 0.169 e. The van der Waals surface area contributed by atoms with Crippen LogP contribution >= 0.6 is 27.7 Å². The summed E-state index contributed by atoms with van der Waals surface area (Å²) in [6, 6.07) is 7.57. The first kappa shape index (κ1) is 10.6. The van der Waals surface area contributed by atoms with Gasteiger partial charge in [0.05, 0.1) is 5.75 Å². The zero-order valence-corrected chi connectivity index (χ0v) is 10.2. The van der Waals surface area contributed by atoms with Gasteiger partial charge in [-0.15, -0.1) is 11.8 Å². The van der Waals surface area contributed by atoms with E-state index in [-0.39, 0.29) is 0 Å². The second-order valence-electron chi connectivity index (χ2n) is 2.91. The van der Waals surface area contributed by atoms with Crippen molar-refractivity contribution >= 4 is 33.5 Å². The minimum Gasteiger partial charge on any atom is -0.453 e. The highest BCUT2D eigenvalue weighted by atomic mass is 79.9. The highest BCUT2D eigenvalue weighted by molar-refractivity contribution is 9.10. The Morgan fingerprint density at radius 1 is 1.33 bits per heavy atom. The number of anilines is 1. The van der Waals surface area contributed by atoms with Gasteiger partial charge in [0.25, 0.3) is 0 Å². The predicted molar refractivity (Wildman–Crippen MR) is 64.6 cm³/mol. The van der Waals surface area contributed by atoms with Gasteiger partial charge in [-0.1, -0.05) is 0 Å². The van der Waals surface area contributed by atoms with Crippen molar-refractivity contribution < 1.29 is 4.42 Å². The number of pyridine rings is 1. The molecule has 78 valence electrons. The van der Waals surface area contributed by atoms with Gasteiger partial charge in [0.2, 0.25) is 0 Å². The van der Waals surface area contributed by atoms with Crippen LogP contribution in [0.5, 0.6) is 0 Å². The van der Waals surface area contributed by atoms with E-state index in [0.29, 0.717) is 5.82 Å². The molecule has 2 aromatic rings. The molecule has 15 heavy (non-hydrogen) atoms. The fraction of sp³-hybridized carbons (Fsp3) is 0.100.